The third-order valence-electron chi connectivity index (χ3n) is 6.26. The zero-order valence-electron chi connectivity index (χ0n) is 19.9. The quantitative estimate of drug-likeness (QED) is 0.164. The van der Waals surface area contributed by atoms with Crippen LogP contribution in [-0.4, -0.2) is 0 Å². The highest BCUT2D eigenvalue weighted by Crippen LogP contribution is 2.30. The van der Waals surface area contributed by atoms with Crippen LogP contribution in [0.15, 0.2) is 0 Å². The predicted octanol–water partition coefficient (Wildman–Crippen LogP) is 10.3. The lowest BCUT2D eigenvalue weighted by Crippen LogP contribution is -2.11. The highest BCUT2D eigenvalue weighted by atomic mass is 14.2. The first-order chi connectivity index (χ1) is 13.3. The summed E-state index contributed by atoms with van der Waals surface area (Å²) in [5.74, 6) is 1.81. The van der Waals surface area contributed by atoms with Crippen molar-refractivity contribution < 1.29 is 0 Å². The van der Waals surface area contributed by atoms with Gasteiger partial charge in [0, 0.05) is 0 Å². The molecule has 0 heteroatoms. The van der Waals surface area contributed by atoms with Crippen molar-refractivity contribution in [2.45, 2.75) is 156 Å². The molecule has 0 aromatic heterocycles. The van der Waals surface area contributed by atoms with Crippen molar-refractivity contribution in [1.82, 2.24) is 0 Å². The fourth-order valence-electron chi connectivity index (χ4n) is 4.39. The Labute approximate surface area is 174 Å². The van der Waals surface area contributed by atoms with Crippen LogP contribution in [0.4, 0.5) is 0 Å². The summed E-state index contributed by atoms with van der Waals surface area (Å²) in [7, 11) is 0. The average molecular weight is 380 g/mol. The van der Waals surface area contributed by atoms with Crippen molar-refractivity contribution >= 4 is 0 Å². The van der Waals surface area contributed by atoms with Crippen molar-refractivity contribution in [2.75, 3.05) is 0 Å². The zero-order valence-corrected chi connectivity index (χ0v) is 19.9. The van der Waals surface area contributed by atoms with Crippen LogP contribution in [-0.2, 0) is 0 Å². The minimum Gasteiger partial charge on any atom is -0.0654 e. The van der Waals surface area contributed by atoms with Crippen LogP contribution in [0.1, 0.15) is 156 Å². The molecule has 0 heterocycles. The van der Waals surface area contributed by atoms with E-state index >= 15 is 0 Å². The van der Waals surface area contributed by atoms with Gasteiger partial charge >= 0.3 is 0 Å². The Morgan fingerprint density at radius 1 is 0.370 bits per heavy atom. The van der Waals surface area contributed by atoms with Crippen molar-refractivity contribution in [3.8, 4) is 0 Å². The van der Waals surface area contributed by atoms with Gasteiger partial charge in [-0.25, -0.2) is 0 Å². The smallest absolute Gasteiger partial charge is 0.0324 e. The summed E-state index contributed by atoms with van der Waals surface area (Å²) in [6, 6.07) is 0. The molecule has 0 fully saturated rings. The fourth-order valence-corrected chi connectivity index (χ4v) is 4.39. The predicted molar refractivity (Wildman–Crippen MR) is 126 cm³/mol. The molecule has 0 bridgehead atoms. The molecule has 27 heavy (non-hydrogen) atoms. The van der Waals surface area contributed by atoms with Gasteiger partial charge in [-0.2, -0.15) is 0 Å². The third kappa shape index (κ3) is 19.1. The maximum Gasteiger partial charge on any atom is -0.0324 e. The van der Waals surface area contributed by atoms with Crippen LogP contribution in [0.3, 0.4) is 0 Å². The normalized spacial score (nSPS) is 11.8. The van der Waals surface area contributed by atoms with Crippen molar-refractivity contribution in [2.24, 2.45) is 11.8 Å². The van der Waals surface area contributed by atoms with Crippen LogP contribution in [0.2, 0.25) is 0 Å². The van der Waals surface area contributed by atoms with Gasteiger partial charge in [0.25, 0.3) is 0 Å². The Hall–Kier alpha value is 0. The molecule has 0 aliphatic rings. The summed E-state index contributed by atoms with van der Waals surface area (Å²) in [6.45, 7) is 9.32. The lowest BCUT2D eigenvalue weighted by Gasteiger charge is -2.24. The molecule has 0 atom stereocenters. The molecule has 0 N–H and O–H groups in total. The molecule has 0 aliphatic carbocycles. The average Bonchev–Trinajstić information content (AvgIpc) is 2.68. The van der Waals surface area contributed by atoms with Crippen molar-refractivity contribution in [3.05, 3.63) is 6.42 Å². The zero-order chi connectivity index (χ0) is 20.0. The number of hydrogen-bond donors (Lipinski definition) is 0. The summed E-state index contributed by atoms with van der Waals surface area (Å²) >= 11 is 0. The Morgan fingerprint density at radius 2 is 0.630 bits per heavy atom. The summed E-state index contributed by atoms with van der Waals surface area (Å²) in [5, 5.41) is 0. The summed E-state index contributed by atoms with van der Waals surface area (Å²) in [5.41, 5.74) is 0. The molecule has 0 aromatic carbocycles. The van der Waals surface area contributed by atoms with Crippen LogP contribution >= 0.6 is 0 Å². The van der Waals surface area contributed by atoms with Crippen LogP contribution in [0.25, 0.3) is 0 Å². The van der Waals surface area contributed by atoms with E-state index in [2.05, 4.69) is 34.1 Å². The Kier molecular flexibility index (Phi) is 22.3. The second kappa shape index (κ2) is 22.3. The lowest BCUT2D eigenvalue weighted by molar-refractivity contribution is 0.366. The Balaban J connectivity index is 4.42. The van der Waals surface area contributed by atoms with E-state index in [0.29, 0.717) is 0 Å². The summed E-state index contributed by atoms with van der Waals surface area (Å²) < 4.78 is 0. The molecule has 0 spiro atoms. The van der Waals surface area contributed by atoms with Gasteiger partial charge in [0.1, 0.15) is 0 Å². The topological polar surface area (TPSA) is 0 Å². The highest BCUT2D eigenvalue weighted by molar-refractivity contribution is 4.84. The van der Waals surface area contributed by atoms with Gasteiger partial charge in [-0.05, 0) is 18.3 Å². The first kappa shape index (κ1) is 27.0. The van der Waals surface area contributed by atoms with E-state index in [4.69, 9.17) is 0 Å². The largest absolute Gasteiger partial charge is 0.0654 e. The summed E-state index contributed by atoms with van der Waals surface area (Å²) in [6.07, 6.45) is 31.5. The van der Waals surface area contributed by atoms with E-state index in [9.17, 15) is 0 Å². The Morgan fingerprint density at radius 3 is 0.852 bits per heavy atom. The summed E-state index contributed by atoms with van der Waals surface area (Å²) in [4.78, 5) is 0. The van der Waals surface area contributed by atoms with Crippen LogP contribution < -0.4 is 0 Å². The second-order valence-corrected chi connectivity index (χ2v) is 9.11. The van der Waals surface area contributed by atoms with Gasteiger partial charge < -0.3 is 0 Å². The van der Waals surface area contributed by atoms with Crippen LogP contribution in [0.5, 0.6) is 0 Å². The molecular weight excluding hydrogens is 324 g/mol. The standard InChI is InChI=1S/C27H55/c1-5-9-13-17-21-26(22-18-14-10-6-2)25-27(23-19-15-11-7-3)24-20-16-12-8-4/h25-27H,5-24H2,1-4H3. The van der Waals surface area contributed by atoms with E-state index in [0.717, 1.165) is 11.8 Å². The molecule has 163 valence electrons. The van der Waals surface area contributed by atoms with Gasteiger partial charge in [0.15, 0.2) is 0 Å². The van der Waals surface area contributed by atoms with Gasteiger partial charge in [0.05, 0.1) is 0 Å². The van der Waals surface area contributed by atoms with E-state index < -0.39 is 0 Å². The van der Waals surface area contributed by atoms with Crippen molar-refractivity contribution in [1.29, 1.82) is 0 Å². The monoisotopic (exact) mass is 379 g/mol. The van der Waals surface area contributed by atoms with Gasteiger partial charge in [0.2, 0.25) is 0 Å². The number of rotatable bonds is 22. The maximum atomic E-state index is 2.86. The molecule has 0 nitrogen and oxygen atoms in total. The first-order valence-electron chi connectivity index (χ1n) is 13.1. The van der Waals surface area contributed by atoms with Gasteiger partial charge in [-0.3, -0.25) is 0 Å². The minimum absolute atomic E-state index is 0.904. The molecule has 1 radical (unpaired) electrons. The molecule has 0 unspecified atom stereocenters. The van der Waals surface area contributed by atoms with Gasteiger partial charge in [-0.1, -0.05) is 156 Å². The highest BCUT2D eigenvalue weighted by Gasteiger charge is 2.16. The molecular formula is C27H55. The van der Waals surface area contributed by atoms with E-state index in [1.807, 2.05) is 0 Å². The molecule has 0 aliphatic heterocycles. The number of unbranched alkanes of at least 4 members (excludes halogenated alkanes) is 12. The second-order valence-electron chi connectivity index (χ2n) is 9.11. The minimum atomic E-state index is 0.904. The molecule has 0 saturated heterocycles. The number of hydrogen-bond acceptors (Lipinski definition) is 0. The van der Waals surface area contributed by atoms with Crippen molar-refractivity contribution in [3.63, 3.8) is 0 Å². The van der Waals surface area contributed by atoms with Crippen LogP contribution in [0, 0.1) is 18.3 Å². The SMILES string of the molecule is CCCCCCC([CH]C(CCCCCC)CCCCCC)CCCCCC. The van der Waals surface area contributed by atoms with Gasteiger partial charge in [-0.15, -0.1) is 0 Å². The fraction of sp³-hybridized carbons (Fsp3) is 0.963. The van der Waals surface area contributed by atoms with E-state index in [1.54, 1.807) is 0 Å². The third-order valence-corrected chi connectivity index (χ3v) is 6.26. The van der Waals surface area contributed by atoms with E-state index in [-0.39, 0.29) is 0 Å². The van der Waals surface area contributed by atoms with E-state index in [1.165, 1.54) is 128 Å². The molecule has 0 aromatic rings. The first-order valence-corrected chi connectivity index (χ1v) is 13.1. The maximum absolute atomic E-state index is 2.86. The molecule has 0 rings (SSSR count). The molecule has 0 saturated carbocycles. The lowest BCUT2D eigenvalue weighted by atomic mass is 9.82. The Bertz CT molecular complexity index is 207. The molecule has 0 amide bonds.